The molecule has 1 nitrogen and oxygen atoms in total. The molecule has 0 unspecified atom stereocenters. The molecule has 3 heteroatoms. The maximum Gasteiger partial charge on any atom is 0.168 e. The quantitative estimate of drug-likeness (QED) is 0.741. The zero-order valence-corrected chi connectivity index (χ0v) is 9.68. The van der Waals surface area contributed by atoms with Gasteiger partial charge in [-0.2, -0.15) is 0 Å². The van der Waals surface area contributed by atoms with Gasteiger partial charge in [0.15, 0.2) is 5.78 Å². The van der Waals surface area contributed by atoms with Crippen molar-refractivity contribution >= 4 is 17.1 Å². The van der Waals surface area contributed by atoms with E-state index in [9.17, 15) is 9.18 Å². The lowest BCUT2D eigenvalue weighted by atomic mass is 10.1. The van der Waals surface area contributed by atoms with E-state index in [0.29, 0.717) is 6.42 Å². The van der Waals surface area contributed by atoms with Crippen molar-refractivity contribution in [2.24, 2.45) is 0 Å². The van der Waals surface area contributed by atoms with Crippen LogP contribution in [0.25, 0.3) is 0 Å². The van der Waals surface area contributed by atoms with Crippen molar-refractivity contribution in [3.05, 3.63) is 57.5 Å². The van der Waals surface area contributed by atoms with Gasteiger partial charge in [-0.15, -0.1) is 11.3 Å². The van der Waals surface area contributed by atoms with Gasteiger partial charge >= 0.3 is 0 Å². The van der Waals surface area contributed by atoms with Gasteiger partial charge in [0, 0.05) is 22.2 Å². The molecular formula is C13H11FOS. The van der Waals surface area contributed by atoms with Crippen LogP contribution in [0.15, 0.2) is 35.7 Å². The Morgan fingerprint density at radius 3 is 2.56 bits per heavy atom. The van der Waals surface area contributed by atoms with E-state index in [0.717, 1.165) is 16.0 Å². The number of thiophene rings is 1. The molecule has 0 aliphatic rings. The number of aryl methyl sites for hydroxylation is 1. The van der Waals surface area contributed by atoms with Crippen molar-refractivity contribution in [2.45, 2.75) is 13.3 Å². The van der Waals surface area contributed by atoms with Crippen LogP contribution in [0.4, 0.5) is 4.39 Å². The van der Waals surface area contributed by atoms with Crippen molar-refractivity contribution < 1.29 is 9.18 Å². The highest BCUT2D eigenvalue weighted by molar-refractivity contribution is 7.10. The van der Waals surface area contributed by atoms with Crippen LogP contribution in [0, 0.1) is 12.7 Å². The van der Waals surface area contributed by atoms with Gasteiger partial charge in [-0.25, -0.2) is 4.39 Å². The number of hydrogen-bond acceptors (Lipinski definition) is 2. The van der Waals surface area contributed by atoms with E-state index in [1.165, 1.54) is 12.1 Å². The smallest absolute Gasteiger partial charge is 0.168 e. The Morgan fingerprint density at radius 2 is 2.00 bits per heavy atom. The Bertz CT molecular complexity index is 499. The summed E-state index contributed by atoms with van der Waals surface area (Å²) in [5.74, 6) is -0.196. The molecule has 0 saturated carbocycles. The van der Waals surface area contributed by atoms with Crippen molar-refractivity contribution in [1.29, 1.82) is 0 Å². The molecule has 82 valence electrons. The number of benzene rings is 1. The van der Waals surface area contributed by atoms with E-state index < -0.39 is 0 Å². The molecule has 0 amide bonds. The number of carbonyl (C=O) groups is 1. The number of ketones is 1. The van der Waals surface area contributed by atoms with Crippen molar-refractivity contribution in [3.8, 4) is 0 Å². The third-order valence-corrected chi connectivity index (χ3v) is 3.19. The van der Waals surface area contributed by atoms with Crippen LogP contribution in [0.3, 0.4) is 0 Å². The summed E-state index contributed by atoms with van der Waals surface area (Å²) in [6.07, 6.45) is 0.330. The second-order valence-electron chi connectivity index (χ2n) is 3.67. The molecule has 2 rings (SSSR count). The molecule has 0 spiro atoms. The average molecular weight is 234 g/mol. The van der Waals surface area contributed by atoms with E-state index in [4.69, 9.17) is 0 Å². The summed E-state index contributed by atoms with van der Waals surface area (Å²) in [5.41, 5.74) is 1.59. The molecule has 0 bridgehead atoms. The summed E-state index contributed by atoms with van der Waals surface area (Å²) < 4.78 is 12.7. The molecule has 1 aromatic carbocycles. The average Bonchev–Trinajstić information content (AvgIpc) is 2.68. The molecule has 0 saturated heterocycles. The summed E-state index contributed by atoms with van der Waals surface area (Å²) in [6.45, 7) is 1.97. The first kappa shape index (κ1) is 11.0. The summed E-state index contributed by atoms with van der Waals surface area (Å²) in [6, 6.07) is 7.93. The van der Waals surface area contributed by atoms with E-state index in [1.54, 1.807) is 23.5 Å². The third kappa shape index (κ3) is 2.55. The van der Waals surface area contributed by atoms with Gasteiger partial charge in [0.1, 0.15) is 5.82 Å². The summed E-state index contributed by atoms with van der Waals surface area (Å²) >= 11 is 1.56. The van der Waals surface area contributed by atoms with Gasteiger partial charge in [0.05, 0.1) is 0 Å². The van der Waals surface area contributed by atoms with Crippen LogP contribution in [0.5, 0.6) is 0 Å². The Morgan fingerprint density at radius 1 is 1.31 bits per heavy atom. The SMILES string of the molecule is Cc1cc(C(=O)Cc2ccc(F)cc2)cs1. The van der Waals surface area contributed by atoms with Crippen LogP contribution in [-0.2, 0) is 6.42 Å². The molecule has 0 aliphatic carbocycles. The van der Waals surface area contributed by atoms with E-state index in [-0.39, 0.29) is 11.6 Å². The van der Waals surface area contributed by atoms with E-state index in [2.05, 4.69) is 0 Å². The summed E-state index contributed by atoms with van der Waals surface area (Å²) in [7, 11) is 0. The fraction of sp³-hybridized carbons (Fsp3) is 0.154. The Labute approximate surface area is 97.6 Å². The Kier molecular flexibility index (Phi) is 3.15. The molecular weight excluding hydrogens is 223 g/mol. The number of Topliss-reactive ketones (excluding diaryl/α,β-unsaturated/α-hetero) is 1. The molecule has 1 aromatic heterocycles. The lowest BCUT2D eigenvalue weighted by molar-refractivity contribution is 0.0993. The summed E-state index contributed by atoms with van der Waals surface area (Å²) in [4.78, 5) is 13.0. The normalized spacial score (nSPS) is 10.4. The maximum atomic E-state index is 12.7. The molecule has 0 radical (unpaired) electrons. The highest BCUT2D eigenvalue weighted by Crippen LogP contribution is 2.15. The number of carbonyl (C=O) groups excluding carboxylic acids is 1. The van der Waals surface area contributed by atoms with Gasteiger partial charge in [-0.1, -0.05) is 12.1 Å². The molecule has 0 aliphatic heterocycles. The second kappa shape index (κ2) is 4.58. The molecule has 0 N–H and O–H groups in total. The second-order valence-corrected chi connectivity index (χ2v) is 4.79. The summed E-state index contributed by atoms with van der Waals surface area (Å²) in [5, 5.41) is 1.86. The van der Waals surface area contributed by atoms with E-state index in [1.807, 2.05) is 18.4 Å². The standard InChI is InChI=1S/C13H11FOS/c1-9-6-11(8-16-9)13(15)7-10-2-4-12(14)5-3-10/h2-6,8H,7H2,1H3. The van der Waals surface area contributed by atoms with Crippen molar-refractivity contribution in [1.82, 2.24) is 0 Å². The highest BCUT2D eigenvalue weighted by atomic mass is 32.1. The first-order valence-corrected chi connectivity index (χ1v) is 5.86. The minimum Gasteiger partial charge on any atom is -0.294 e. The fourth-order valence-corrected chi connectivity index (χ4v) is 2.19. The van der Waals surface area contributed by atoms with Crippen molar-refractivity contribution in [2.75, 3.05) is 0 Å². The van der Waals surface area contributed by atoms with Crippen LogP contribution < -0.4 is 0 Å². The van der Waals surface area contributed by atoms with Crippen LogP contribution in [0.1, 0.15) is 20.8 Å². The van der Waals surface area contributed by atoms with Gasteiger partial charge in [0.25, 0.3) is 0 Å². The minimum atomic E-state index is -0.275. The van der Waals surface area contributed by atoms with Gasteiger partial charge in [-0.05, 0) is 30.7 Å². The molecule has 1 heterocycles. The predicted molar refractivity (Wildman–Crippen MR) is 63.5 cm³/mol. The van der Waals surface area contributed by atoms with Gasteiger partial charge in [0.2, 0.25) is 0 Å². The largest absolute Gasteiger partial charge is 0.294 e. The van der Waals surface area contributed by atoms with Crippen LogP contribution in [0.2, 0.25) is 0 Å². The fourth-order valence-electron chi connectivity index (χ4n) is 1.48. The van der Waals surface area contributed by atoms with E-state index >= 15 is 0 Å². The molecule has 0 fully saturated rings. The molecule has 0 atom stereocenters. The first-order valence-electron chi connectivity index (χ1n) is 4.98. The predicted octanol–water partition coefficient (Wildman–Crippen LogP) is 3.62. The van der Waals surface area contributed by atoms with Gasteiger partial charge in [-0.3, -0.25) is 4.79 Å². The zero-order valence-electron chi connectivity index (χ0n) is 8.87. The monoisotopic (exact) mass is 234 g/mol. The van der Waals surface area contributed by atoms with Crippen molar-refractivity contribution in [3.63, 3.8) is 0 Å². The minimum absolute atomic E-state index is 0.0796. The van der Waals surface area contributed by atoms with Crippen LogP contribution in [-0.4, -0.2) is 5.78 Å². The number of hydrogen-bond donors (Lipinski definition) is 0. The molecule has 2 aromatic rings. The number of rotatable bonds is 3. The molecule has 16 heavy (non-hydrogen) atoms. The Balaban J connectivity index is 2.10. The highest BCUT2D eigenvalue weighted by Gasteiger charge is 2.08. The lowest BCUT2D eigenvalue weighted by Crippen LogP contribution is -2.01. The third-order valence-electron chi connectivity index (χ3n) is 2.33. The van der Waals surface area contributed by atoms with Gasteiger partial charge < -0.3 is 0 Å². The first-order chi connectivity index (χ1) is 7.65. The van der Waals surface area contributed by atoms with Crippen LogP contribution >= 0.6 is 11.3 Å². The lowest BCUT2D eigenvalue weighted by Gasteiger charge is -1.99. The topological polar surface area (TPSA) is 17.1 Å². The Hall–Kier alpha value is -1.48. The maximum absolute atomic E-state index is 12.7. The number of halogens is 1. The zero-order chi connectivity index (χ0) is 11.5.